The summed E-state index contributed by atoms with van der Waals surface area (Å²) in [7, 11) is 0. The van der Waals surface area contributed by atoms with Crippen LogP contribution in [0, 0.1) is 11.5 Å². The first kappa shape index (κ1) is 10.8. The van der Waals surface area contributed by atoms with Crippen molar-refractivity contribution >= 4 is 28.9 Å². The summed E-state index contributed by atoms with van der Waals surface area (Å²) in [4.78, 5) is 0. The van der Waals surface area contributed by atoms with Gasteiger partial charge in [-0.05, 0) is 29.9 Å². The molecule has 0 heterocycles. The van der Waals surface area contributed by atoms with E-state index in [2.05, 4.69) is 10.6 Å². The summed E-state index contributed by atoms with van der Waals surface area (Å²) in [6, 6.07) is 7.40. The van der Waals surface area contributed by atoms with E-state index in [0.717, 1.165) is 5.56 Å². The fourth-order valence-electron chi connectivity index (χ4n) is 0.880. The summed E-state index contributed by atoms with van der Waals surface area (Å²) >= 11 is 10.5. The number of nitrogens with one attached hydrogen (secondary N) is 2. The molecule has 0 spiro atoms. The topological polar surface area (TPSA) is 47.9 Å². The summed E-state index contributed by atoms with van der Waals surface area (Å²) in [5, 5.41) is 14.5. The highest BCUT2D eigenvalue weighted by Gasteiger charge is 1.95. The first-order valence-corrected chi connectivity index (χ1v) is 4.68. The number of benzene rings is 1. The zero-order valence-corrected chi connectivity index (χ0v) is 8.82. The van der Waals surface area contributed by atoms with Crippen molar-refractivity contribution in [2.24, 2.45) is 0 Å². The lowest BCUT2D eigenvalue weighted by molar-refractivity contribution is 0.902. The van der Waals surface area contributed by atoms with Gasteiger partial charge in [0.1, 0.15) is 0 Å². The van der Waals surface area contributed by atoms with Crippen molar-refractivity contribution in [2.75, 3.05) is 0 Å². The van der Waals surface area contributed by atoms with Gasteiger partial charge in [0.2, 0.25) is 0 Å². The van der Waals surface area contributed by atoms with Crippen LogP contribution in [0.15, 0.2) is 24.3 Å². The molecule has 1 aromatic rings. The van der Waals surface area contributed by atoms with Gasteiger partial charge >= 0.3 is 0 Å². The average Bonchev–Trinajstić information content (AvgIpc) is 2.17. The maximum absolute atomic E-state index is 8.26. The van der Waals surface area contributed by atoms with Gasteiger partial charge in [0.25, 0.3) is 0 Å². The Bertz CT molecular complexity index is 355. The Hall–Kier alpha value is -1.31. The van der Waals surface area contributed by atoms with Gasteiger partial charge in [-0.3, -0.25) is 5.32 Å². The second-order valence-electron chi connectivity index (χ2n) is 2.55. The zero-order chi connectivity index (χ0) is 10.4. The van der Waals surface area contributed by atoms with Crippen LogP contribution < -0.4 is 10.6 Å². The summed E-state index contributed by atoms with van der Waals surface area (Å²) in [5.41, 5.74) is 1.05. The molecule has 1 aromatic carbocycles. The van der Waals surface area contributed by atoms with Crippen LogP contribution in [0.2, 0.25) is 5.02 Å². The van der Waals surface area contributed by atoms with Crippen molar-refractivity contribution in [3.63, 3.8) is 0 Å². The third kappa shape index (κ3) is 3.60. The Balaban J connectivity index is 2.43. The molecule has 14 heavy (non-hydrogen) atoms. The van der Waals surface area contributed by atoms with Crippen LogP contribution >= 0.6 is 23.8 Å². The molecule has 0 fully saturated rings. The van der Waals surface area contributed by atoms with E-state index in [9.17, 15) is 0 Å². The molecule has 0 aliphatic carbocycles. The predicted molar refractivity (Wildman–Crippen MR) is 59.6 cm³/mol. The Morgan fingerprint density at radius 3 is 2.64 bits per heavy atom. The smallest absolute Gasteiger partial charge is 0.183 e. The predicted octanol–water partition coefficient (Wildman–Crippen LogP) is 1.79. The fourth-order valence-corrected chi connectivity index (χ4v) is 1.12. The summed E-state index contributed by atoms with van der Waals surface area (Å²) in [6.45, 7) is 0.574. The van der Waals surface area contributed by atoms with Gasteiger partial charge in [-0.15, -0.1) is 0 Å². The minimum atomic E-state index is 0.322. The Morgan fingerprint density at radius 1 is 1.43 bits per heavy atom. The van der Waals surface area contributed by atoms with E-state index in [1.165, 1.54) is 0 Å². The van der Waals surface area contributed by atoms with Crippen molar-refractivity contribution < 1.29 is 0 Å². The largest absolute Gasteiger partial charge is 0.358 e. The number of hydrogen-bond acceptors (Lipinski definition) is 2. The van der Waals surface area contributed by atoms with Gasteiger partial charge in [0, 0.05) is 11.6 Å². The first-order valence-electron chi connectivity index (χ1n) is 3.90. The van der Waals surface area contributed by atoms with Gasteiger partial charge in [-0.25, -0.2) is 0 Å². The van der Waals surface area contributed by atoms with Crippen molar-refractivity contribution in [1.29, 1.82) is 5.26 Å². The van der Waals surface area contributed by atoms with E-state index in [0.29, 0.717) is 16.7 Å². The van der Waals surface area contributed by atoms with Gasteiger partial charge in [-0.2, -0.15) is 5.26 Å². The molecule has 0 aliphatic rings. The third-order valence-electron chi connectivity index (χ3n) is 1.54. The Kier molecular flexibility index (Phi) is 4.17. The van der Waals surface area contributed by atoms with Crippen LogP contribution in [-0.2, 0) is 6.54 Å². The van der Waals surface area contributed by atoms with E-state index in [4.69, 9.17) is 29.1 Å². The quantitative estimate of drug-likeness (QED) is 0.458. The summed E-state index contributed by atoms with van der Waals surface area (Å²) in [6.07, 6.45) is 1.74. The lowest BCUT2D eigenvalue weighted by Crippen LogP contribution is -2.31. The average molecular weight is 226 g/mol. The lowest BCUT2D eigenvalue weighted by Gasteiger charge is -2.05. The molecule has 0 unspecified atom stereocenters. The van der Waals surface area contributed by atoms with E-state index in [-0.39, 0.29) is 0 Å². The lowest BCUT2D eigenvalue weighted by atomic mass is 10.2. The molecular formula is C9H8ClN3S. The minimum absolute atomic E-state index is 0.322. The van der Waals surface area contributed by atoms with Crippen LogP contribution in [0.4, 0.5) is 0 Å². The third-order valence-corrected chi connectivity index (χ3v) is 2.03. The molecule has 0 bridgehead atoms. The fraction of sp³-hybridized carbons (Fsp3) is 0.111. The normalized spacial score (nSPS) is 8.86. The molecule has 72 valence electrons. The second-order valence-corrected chi connectivity index (χ2v) is 3.39. The van der Waals surface area contributed by atoms with E-state index in [1.807, 2.05) is 12.1 Å². The van der Waals surface area contributed by atoms with Crippen molar-refractivity contribution in [1.82, 2.24) is 10.6 Å². The molecule has 0 amide bonds. The summed E-state index contributed by atoms with van der Waals surface area (Å²) in [5.74, 6) is 0. The first-order chi connectivity index (χ1) is 6.72. The maximum atomic E-state index is 8.26. The Labute approximate surface area is 92.7 Å². The van der Waals surface area contributed by atoms with Crippen molar-refractivity contribution in [3.05, 3.63) is 34.9 Å². The molecule has 0 radical (unpaired) electrons. The van der Waals surface area contributed by atoms with Crippen LogP contribution in [-0.4, -0.2) is 5.11 Å². The number of halogens is 1. The number of nitrogens with zero attached hydrogens (tertiary/aromatic N) is 1. The molecule has 0 saturated carbocycles. The van der Waals surface area contributed by atoms with E-state index >= 15 is 0 Å². The molecule has 0 atom stereocenters. The molecule has 3 nitrogen and oxygen atoms in total. The molecule has 0 aliphatic heterocycles. The Morgan fingerprint density at radius 2 is 2.07 bits per heavy atom. The van der Waals surface area contributed by atoms with Gasteiger partial charge in [-0.1, -0.05) is 23.7 Å². The van der Waals surface area contributed by atoms with Crippen LogP contribution in [0.5, 0.6) is 0 Å². The second kappa shape index (κ2) is 5.43. The molecule has 0 aromatic heterocycles. The molecule has 1 rings (SSSR count). The van der Waals surface area contributed by atoms with Gasteiger partial charge in [0.05, 0.1) is 0 Å². The molecule has 2 N–H and O–H groups in total. The number of nitriles is 1. The molecular weight excluding hydrogens is 218 g/mol. The van der Waals surface area contributed by atoms with Crippen LogP contribution in [0.25, 0.3) is 0 Å². The number of rotatable bonds is 2. The van der Waals surface area contributed by atoms with Gasteiger partial charge in [0.15, 0.2) is 11.3 Å². The minimum Gasteiger partial charge on any atom is -0.358 e. The highest BCUT2D eigenvalue weighted by Crippen LogP contribution is 2.08. The van der Waals surface area contributed by atoms with Crippen LogP contribution in [0.3, 0.4) is 0 Å². The zero-order valence-electron chi connectivity index (χ0n) is 7.25. The van der Waals surface area contributed by atoms with E-state index in [1.54, 1.807) is 18.3 Å². The van der Waals surface area contributed by atoms with E-state index < -0.39 is 0 Å². The number of hydrogen-bond donors (Lipinski definition) is 2. The number of thiocarbonyl (C=S) groups is 1. The van der Waals surface area contributed by atoms with Crippen molar-refractivity contribution in [3.8, 4) is 6.19 Å². The maximum Gasteiger partial charge on any atom is 0.183 e. The molecule has 0 saturated heterocycles. The SMILES string of the molecule is N#CNC(=S)NCc1ccc(Cl)cc1. The van der Waals surface area contributed by atoms with Crippen molar-refractivity contribution in [2.45, 2.75) is 6.54 Å². The monoisotopic (exact) mass is 225 g/mol. The summed E-state index contributed by atoms with van der Waals surface area (Å²) < 4.78 is 0. The van der Waals surface area contributed by atoms with Crippen LogP contribution in [0.1, 0.15) is 5.56 Å². The standard InChI is InChI=1S/C9H8ClN3S/c10-8-3-1-7(2-4-8)5-12-9(14)13-6-11/h1-4H,5H2,(H2,12,13,14). The highest BCUT2D eigenvalue weighted by atomic mass is 35.5. The van der Waals surface area contributed by atoms with Gasteiger partial charge < -0.3 is 5.32 Å². The highest BCUT2D eigenvalue weighted by molar-refractivity contribution is 7.80. The molecule has 5 heteroatoms.